The van der Waals surface area contributed by atoms with Gasteiger partial charge in [-0.05, 0) is 56.6 Å². The van der Waals surface area contributed by atoms with Crippen LogP contribution in [0.3, 0.4) is 0 Å². The molecular weight excluding hydrogens is 346 g/mol. The number of likely N-dealkylation sites (tertiary alicyclic amines) is 1. The first-order valence-electron chi connectivity index (χ1n) is 10.2. The molecule has 3 heterocycles. The van der Waals surface area contributed by atoms with Crippen molar-refractivity contribution in [2.45, 2.75) is 31.8 Å². The Morgan fingerprint density at radius 2 is 1.86 bits per heavy atom. The van der Waals surface area contributed by atoms with Gasteiger partial charge in [0.05, 0.1) is 0 Å². The van der Waals surface area contributed by atoms with Gasteiger partial charge in [-0.1, -0.05) is 30.3 Å². The molecule has 0 amide bonds. The summed E-state index contributed by atoms with van der Waals surface area (Å²) in [6, 6.07) is 17.5. The molecule has 146 valence electrons. The van der Waals surface area contributed by atoms with E-state index in [9.17, 15) is 0 Å². The maximum Gasteiger partial charge on any atom is 0.233 e. The highest BCUT2D eigenvalue weighted by Gasteiger charge is 2.23. The molecule has 0 radical (unpaired) electrons. The van der Waals surface area contributed by atoms with Crippen molar-refractivity contribution in [1.82, 2.24) is 24.3 Å². The lowest BCUT2D eigenvalue weighted by atomic mass is 10.0. The van der Waals surface area contributed by atoms with E-state index < -0.39 is 0 Å². The summed E-state index contributed by atoms with van der Waals surface area (Å²) in [5.74, 6) is 0.746. The molecule has 0 unspecified atom stereocenters. The average Bonchev–Trinajstić information content (AvgIpc) is 3.21. The van der Waals surface area contributed by atoms with Gasteiger partial charge in [0, 0.05) is 50.0 Å². The number of hydrogen-bond donors (Lipinski definition) is 0. The molecule has 0 N–H and O–H groups in total. The minimum atomic E-state index is 0.619. The molecule has 1 atom stereocenters. The number of benzene rings is 1. The van der Waals surface area contributed by atoms with Crippen molar-refractivity contribution in [2.24, 2.45) is 0 Å². The standard InChI is InChI=1S/C23H29N5/c1-26(17-12-20-8-3-2-4-9-20)21-10-5-15-27(18-21)19-22-11-6-16-28(22)23-24-13-7-14-25-23/h2-4,6-9,11,13-14,16,21H,5,10,12,15,17-19H2,1H3/t21-/m0/s1. The van der Waals surface area contributed by atoms with Crippen LogP contribution < -0.4 is 0 Å². The average molecular weight is 376 g/mol. The van der Waals surface area contributed by atoms with Crippen LogP contribution in [0.1, 0.15) is 24.1 Å². The Labute approximate surface area is 167 Å². The van der Waals surface area contributed by atoms with Crippen molar-refractivity contribution in [2.75, 3.05) is 26.7 Å². The normalized spacial score (nSPS) is 17.9. The van der Waals surface area contributed by atoms with Gasteiger partial charge >= 0.3 is 0 Å². The van der Waals surface area contributed by atoms with Crippen molar-refractivity contribution in [3.05, 3.63) is 78.4 Å². The van der Waals surface area contributed by atoms with E-state index >= 15 is 0 Å². The van der Waals surface area contributed by atoms with Crippen molar-refractivity contribution < 1.29 is 0 Å². The second-order valence-electron chi connectivity index (χ2n) is 7.67. The zero-order valence-electron chi connectivity index (χ0n) is 16.6. The first kappa shape index (κ1) is 18.8. The monoisotopic (exact) mass is 375 g/mol. The molecule has 1 aromatic carbocycles. The van der Waals surface area contributed by atoms with Gasteiger partial charge in [-0.2, -0.15) is 0 Å². The molecule has 0 aliphatic carbocycles. The summed E-state index contributed by atoms with van der Waals surface area (Å²) in [4.78, 5) is 13.9. The number of aromatic nitrogens is 3. The Morgan fingerprint density at radius 1 is 1.04 bits per heavy atom. The van der Waals surface area contributed by atoms with Gasteiger partial charge in [-0.25, -0.2) is 9.97 Å². The molecule has 0 spiro atoms. The van der Waals surface area contributed by atoms with Crippen LogP contribution in [0.15, 0.2) is 67.1 Å². The van der Waals surface area contributed by atoms with Crippen LogP contribution in [-0.2, 0) is 13.0 Å². The molecule has 5 nitrogen and oxygen atoms in total. The molecule has 1 aliphatic heterocycles. The maximum atomic E-state index is 4.40. The van der Waals surface area contributed by atoms with Gasteiger partial charge in [0.2, 0.25) is 5.95 Å². The van der Waals surface area contributed by atoms with Crippen LogP contribution in [0, 0.1) is 0 Å². The van der Waals surface area contributed by atoms with E-state index in [1.807, 2.05) is 6.07 Å². The summed E-state index contributed by atoms with van der Waals surface area (Å²) in [5, 5.41) is 0. The van der Waals surface area contributed by atoms with E-state index in [-0.39, 0.29) is 0 Å². The highest BCUT2D eigenvalue weighted by atomic mass is 15.2. The van der Waals surface area contributed by atoms with Crippen molar-refractivity contribution in [3.63, 3.8) is 0 Å². The summed E-state index contributed by atoms with van der Waals surface area (Å²) >= 11 is 0. The van der Waals surface area contributed by atoms with E-state index in [0.717, 1.165) is 38.5 Å². The third kappa shape index (κ3) is 4.66. The fourth-order valence-electron chi connectivity index (χ4n) is 4.05. The smallest absolute Gasteiger partial charge is 0.233 e. The molecule has 0 bridgehead atoms. The number of likely N-dealkylation sites (N-methyl/N-ethyl adjacent to an activating group) is 1. The fraction of sp³-hybridized carbons (Fsp3) is 0.391. The molecule has 3 aromatic rings. The van der Waals surface area contributed by atoms with Crippen LogP contribution in [-0.4, -0.2) is 57.1 Å². The lowest BCUT2D eigenvalue weighted by Gasteiger charge is -2.37. The zero-order chi connectivity index (χ0) is 19.2. The minimum absolute atomic E-state index is 0.619. The summed E-state index contributed by atoms with van der Waals surface area (Å²) in [6.07, 6.45) is 9.29. The SMILES string of the molecule is CN(CCc1ccccc1)[C@H]1CCCN(Cc2cccn2-c2ncccn2)C1. The van der Waals surface area contributed by atoms with Crippen molar-refractivity contribution in [1.29, 1.82) is 0 Å². The third-order valence-electron chi connectivity index (χ3n) is 5.69. The highest BCUT2D eigenvalue weighted by molar-refractivity contribution is 5.20. The zero-order valence-corrected chi connectivity index (χ0v) is 16.6. The number of nitrogens with zero attached hydrogens (tertiary/aromatic N) is 5. The first-order valence-corrected chi connectivity index (χ1v) is 10.2. The molecule has 2 aromatic heterocycles. The van der Waals surface area contributed by atoms with Crippen LogP contribution in [0.4, 0.5) is 0 Å². The Morgan fingerprint density at radius 3 is 2.68 bits per heavy atom. The first-order chi connectivity index (χ1) is 13.8. The Bertz CT molecular complexity index is 846. The lowest BCUT2D eigenvalue weighted by Crippen LogP contribution is -2.46. The lowest BCUT2D eigenvalue weighted by molar-refractivity contribution is 0.111. The largest absolute Gasteiger partial charge is 0.302 e. The quantitative estimate of drug-likeness (QED) is 0.634. The summed E-state index contributed by atoms with van der Waals surface area (Å²) < 4.78 is 2.10. The van der Waals surface area contributed by atoms with Gasteiger partial charge in [0.25, 0.3) is 0 Å². The van der Waals surface area contributed by atoms with Gasteiger partial charge in [-0.15, -0.1) is 0 Å². The topological polar surface area (TPSA) is 37.2 Å². The number of piperidine rings is 1. The third-order valence-corrected chi connectivity index (χ3v) is 5.69. The van der Waals surface area contributed by atoms with Crippen molar-refractivity contribution in [3.8, 4) is 5.95 Å². The summed E-state index contributed by atoms with van der Waals surface area (Å²) in [5.41, 5.74) is 2.67. The molecule has 0 saturated carbocycles. The fourth-order valence-corrected chi connectivity index (χ4v) is 4.05. The van der Waals surface area contributed by atoms with E-state index in [2.05, 4.69) is 80.0 Å². The highest BCUT2D eigenvalue weighted by Crippen LogP contribution is 2.19. The predicted octanol–water partition coefficient (Wildman–Crippen LogP) is 3.41. The van der Waals surface area contributed by atoms with Gasteiger partial charge in [0.1, 0.15) is 0 Å². The van der Waals surface area contributed by atoms with Gasteiger partial charge in [0.15, 0.2) is 0 Å². The number of hydrogen-bond acceptors (Lipinski definition) is 4. The summed E-state index contributed by atoms with van der Waals surface area (Å²) in [6.45, 7) is 4.32. The molecule has 1 fully saturated rings. The van der Waals surface area contributed by atoms with E-state index in [1.54, 1.807) is 12.4 Å². The van der Waals surface area contributed by atoms with Crippen molar-refractivity contribution >= 4 is 0 Å². The van der Waals surface area contributed by atoms with E-state index in [0.29, 0.717) is 6.04 Å². The van der Waals surface area contributed by atoms with Crippen LogP contribution >= 0.6 is 0 Å². The Balaban J connectivity index is 1.35. The second kappa shape index (κ2) is 9.13. The van der Waals surface area contributed by atoms with Crippen LogP contribution in [0.2, 0.25) is 0 Å². The Kier molecular flexibility index (Phi) is 6.14. The molecular formula is C23H29N5. The molecule has 1 saturated heterocycles. The second-order valence-corrected chi connectivity index (χ2v) is 7.67. The molecule has 5 heteroatoms. The van der Waals surface area contributed by atoms with Gasteiger partial charge in [-0.3, -0.25) is 9.47 Å². The van der Waals surface area contributed by atoms with Crippen LogP contribution in [0.25, 0.3) is 5.95 Å². The summed E-state index contributed by atoms with van der Waals surface area (Å²) in [7, 11) is 2.28. The molecule has 4 rings (SSSR count). The van der Waals surface area contributed by atoms with E-state index in [1.165, 1.54) is 24.1 Å². The molecule has 1 aliphatic rings. The predicted molar refractivity (Wildman–Crippen MR) is 112 cm³/mol. The Hall–Kier alpha value is -2.50. The van der Waals surface area contributed by atoms with E-state index in [4.69, 9.17) is 0 Å². The maximum absolute atomic E-state index is 4.40. The molecule has 28 heavy (non-hydrogen) atoms. The number of rotatable bonds is 7. The van der Waals surface area contributed by atoms with Crippen LogP contribution in [0.5, 0.6) is 0 Å². The van der Waals surface area contributed by atoms with Gasteiger partial charge < -0.3 is 4.90 Å². The minimum Gasteiger partial charge on any atom is -0.302 e.